The van der Waals surface area contributed by atoms with Crippen molar-refractivity contribution in [1.82, 2.24) is 0 Å². The average molecular weight is 245 g/mol. The molecule has 1 aromatic carbocycles. The molecule has 1 nitrogen and oxygen atoms in total. The summed E-state index contributed by atoms with van der Waals surface area (Å²) >= 11 is 11.8. The van der Waals surface area contributed by atoms with E-state index < -0.39 is 6.10 Å². The van der Waals surface area contributed by atoms with E-state index in [0.29, 0.717) is 22.0 Å². The third-order valence-corrected chi connectivity index (χ3v) is 2.88. The first-order chi connectivity index (χ1) is 7.04. The lowest BCUT2D eigenvalue weighted by Gasteiger charge is -2.13. The minimum Gasteiger partial charge on any atom is -0.388 e. The van der Waals surface area contributed by atoms with Gasteiger partial charge in [0.1, 0.15) is 0 Å². The molecule has 0 saturated carbocycles. The molecule has 0 aliphatic heterocycles. The molecule has 1 N–H and O–H groups in total. The van der Waals surface area contributed by atoms with Gasteiger partial charge >= 0.3 is 0 Å². The fraction of sp³-hybridized carbons (Fsp3) is 0.333. The number of benzene rings is 1. The molecule has 1 rings (SSSR count). The van der Waals surface area contributed by atoms with E-state index in [9.17, 15) is 5.11 Å². The molecule has 1 unspecified atom stereocenters. The van der Waals surface area contributed by atoms with Crippen LogP contribution in [0.1, 0.15) is 31.4 Å². The summed E-state index contributed by atoms with van der Waals surface area (Å²) in [5.74, 6) is 0. The van der Waals surface area contributed by atoms with Gasteiger partial charge in [-0.1, -0.05) is 42.3 Å². The Hall–Kier alpha value is -0.500. The van der Waals surface area contributed by atoms with Crippen molar-refractivity contribution in [3.63, 3.8) is 0 Å². The van der Waals surface area contributed by atoms with E-state index >= 15 is 0 Å². The summed E-state index contributed by atoms with van der Waals surface area (Å²) in [6.07, 6.45) is 0.759. The van der Waals surface area contributed by atoms with Gasteiger partial charge in [-0.3, -0.25) is 0 Å². The molecule has 0 aliphatic carbocycles. The molecule has 3 heteroatoms. The highest BCUT2D eigenvalue weighted by Gasteiger charge is 2.12. The molecule has 0 heterocycles. The van der Waals surface area contributed by atoms with Crippen LogP contribution in [0.25, 0.3) is 0 Å². The Kier molecular flexibility index (Phi) is 4.65. The zero-order valence-electron chi connectivity index (χ0n) is 8.63. The maximum absolute atomic E-state index is 9.92. The van der Waals surface area contributed by atoms with E-state index in [1.165, 1.54) is 0 Å². The van der Waals surface area contributed by atoms with Crippen molar-refractivity contribution in [2.24, 2.45) is 0 Å². The van der Waals surface area contributed by atoms with Crippen LogP contribution < -0.4 is 0 Å². The van der Waals surface area contributed by atoms with Gasteiger partial charge in [-0.2, -0.15) is 0 Å². The van der Waals surface area contributed by atoms with Gasteiger partial charge in [0.25, 0.3) is 0 Å². The molecule has 0 radical (unpaired) electrons. The molecule has 0 bridgehead atoms. The van der Waals surface area contributed by atoms with Gasteiger partial charge in [-0.05, 0) is 31.0 Å². The summed E-state index contributed by atoms with van der Waals surface area (Å²) in [4.78, 5) is 0. The van der Waals surface area contributed by atoms with Crippen molar-refractivity contribution >= 4 is 23.2 Å². The van der Waals surface area contributed by atoms with Crippen molar-refractivity contribution in [2.75, 3.05) is 0 Å². The lowest BCUT2D eigenvalue weighted by molar-refractivity contribution is 0.177. The van der Waals surface area contributed by atoms with Crippen molar-refractivity contribution in [1.29, 1.82) is 0 Å². The van der Waals surface area contributed by atoms with Crippen molar-refractivity contribution in [3.05, 3.63) is 46.0 Å². The molecular weight excluding hydrogens is 231 g/mol. The average Bonchev–Trinajstić information content (AvgIpc) is 2.21. The molecule has 0 fully saturated rings. The van der Waals surface area contributed by atoms with Crippen molar-refractivity contribution in [2.45, 2.75) is 25.9 Å². The second kappa shape index (κ2) is 5.55. The Bertz CT molecular complexity index is 361. The van der Waals surface area contributed by atoms with Gasteiger partial charge in [-0.15, -0.1) is 0 Å². The zero-order chi connectivity index (χ0) is 11.4. The monoisotopic (exact) mass is 244 g/mol. The predicted molar refractivity (Wildman–Crippen MR) is 65.5 cm³/mol. The third-order valence-electron chi connectivity index (χ3n) is 2.30. The number of hydrogen-bond donors (Lipinski definition) is 1. The van der Waals surface area contributed by atoms with E-state index in [1.807, 2.05) is 6.92 Å². The lowest BCUT2D eigenvalue weighted by atomic mass is 10.0. The molecule has 0 spiro atoms. The highest BCUT2D eigenvalue weighted by atomic mass is 35.5. The summed E-state index contributed by atoms with van der Waals surface area (Å²) in [6.45, 7) is 5.86. The van der Waals surface area contributed by atoms with Crippen LogP contribution in [0.4, 0.5) is 0 Å². The number of hydrogen-bond acceptors (Lipinski definition) is 1. The van der Waals surface area contributed by atoms with E-state index in [-0.39, 0.29) is 0 Å². The lowest BCUT2D eigenvalue weighted by Crippen LogP contribution is -1.99. The molecule has 0 aliphatic rings. The van der Waals surface area contributed by atoms with Gasteiger partial charge in [0.2, 0.25) is 0 Å². The molecule has 0 aromatic heterocycles. The zero-order valence-corrected chi connectivity index (χ0v) is 10.1. The Labute approximate surface area is 100 Å². The summed E-state index contributed by atoms with van der Waals surface area (Å²) in [5.41, 5.74) is 1.66. The molecular formula is C12H14Cl2O. The predicted octanol–water partition coefficient (Wildman–Crippen LogP) is 4.38. The van der Waals surface area contributed by atoms with E-state index in [0.717, 1.165) is 12.0 Å². The van der Waals surface area contributed by atoms with Crippen LogP contribution in [0.15, 0.2) is 30.4 Å². The van der Waals surface area contributed by atoms with Gasteiger partial charge in [-0.25, -0.2) is 0 Å². The minimum atomic E-state index is -0.622. The number of aliphatic hydroxyl groups excluding tert-OH is 1. The van der Waals surface area contributed by atoms with Crippen LogP contribution in [0.3, 0.4) is 0 Å². The van der Waals surface area contributed by atoms with E-state index in [1.54, 1.807) is 18.2 Å². The Morgan fingerprint density at radius 2 is 2.13 bits per heavy atom. The first-order valence-corrected chi connectivity index (χ1v) is 5.59. The second-order valence-electron chi connectivity index (χ2n) is 3.49. The topological polar surface area (TPSA) is 20.2 Å². The van der Waals surface area contributed by atoms with Crippen molar-refractivity contribution < 1.29 is 5.11 Å². The van der Waals surface area contributed by atoms with Crippen LogP contribution in [0.5, 0.6) is 0 Å². The Balaban J connectivity index is 2.85. The summed E-state index contributed by atoms with van der Waals surface area (Å²) in [7, 11) is 0. The minimum absolute atomic E-state index is 0.524. The summed E-state index contributed by atoms with van der Waals surface area (Å²) in [6, 6.07) is 5.09. The molecule has 15 heavy (non-hydrogen) atoms. The van der Waals surface area contributed by atoms with Crippen molar-refractivity contribution in [3.8, 4) is 0 Å². The van der Waals surface area contributed by atoms with Gasteiger partial charge < -0.3 is 5.11 Å². The molecule has 0 saturated heterocycles. The third kappa shape index (κ3) is 3.53. The first-order valence-electron chi connectivity index (χ1n) is 4.84. The quantitative estimate of drug-likeness (QED) is 0.780. The fourth-order valence-electron chi connectivity index (χ4n) is 1.30. The van der Waals surface area contributed by atoms with Crippen LogP contribution in [0, 0.1) is 0 Å². The van der Waals surface area contributed by atoms with E-state index in [4.69, 9.17) is 23.2 Å². The summed E-state index contributed by atoms with van der Waals surface area (Å²) < 4.78 is 0. The standard InChI is InChI=1S/C12H14Cl2O/c1-3-8(2)6-12(15)10-7-9(13)4-5-11(10)14/h4-5,7,12,15H,2-3,6H2,1H3. The Morgan fingerprint density at radius 3 is 2.73 bits per heavy atom. The van der Waals surface area contributed by atoms with Gasteiger partial charge in [0.15, 0.2) is 0 Å². The SMILES string of the molecule is C=C(CC)CC(O)c1cc(Cl)ccc1Cl. The summed E-state index contributed by atoms with van der Waals surface area (Å²) in [5, 5.41) is 11.0. The highest BCUT2D eigenvalue weighted by Crippen LogP contribution is 2.30. The highest BCUT2D eigenvalue weighted by molar-refractivity contribution is 6.33. The van der Waals surface area contributed by atoms with Crippen LogP contribution in [-0.2, 0) is 0 Å². The van der Waals surface area contributed by atoms with E-state index in [2.05, 4.69) is 6.58 Å². The van der Waals surface area contributed by atoms with Crippen LogP contribution >= 0.6 is 23.2 Å². The molecule has 1 atom stereocenters. The molecule has 1 aromatic rings. The van der Waals surface area contributed by atoms with Crippen LogP contribution in [-0.4, -0.2) is 5.11 Å². The number of rotatable bonds is 4. The number of aliphatic hydroxyl groups is 1. The second-order valence-corrected chi connectivity index (χ2v) is 4.33. The first kappa shape index (κ1) is 12.6. The fourth-order valence-corrected chi connectivity index (χ4v) is 1.72. The normalized spacial score (nSPS) is 12.5. The van der Waals surface area contributed by atoms with Gasteiger partial charge in [0, 0.05) is 15.6 Å². The smallest absolute Gasteiger partial charge is 0.0841 e. The molecule has 0 amide bonds. The molecule has 82 valence electrons. The largest absolute Gasteiger partial charge is 0.388 e. The maximum Gasteiger partial charge on any atom is 0.0841 e. The number of halogens is 2. The Morgan fingerprint density at radius 1 is 1.47 bits per heavy atom. The van der Waals surface area contributed by atoms with Gasteiger partial charge in [0.05, 0.1) is 6.10 Å². The maximum atomic E-state index is 9.92. The van der Waals surface area contributed by atoms with Crippen LogP contribution in [0.2, 0.25) is 10.0 Å².